The van der Waals surface area contributed by atoms with Crippen LogP contribution in [0, 0.1) is 13.8 Å². The highest BCUT2D eigenvalue weighted by Crippen LogP contribution is 2.25. The van der Waals surface area contributed by atoms with Crippen molar-refractivity contribution in [2.75, 3.05) is 11.9 Å². The van der Waals surface area contributed by atoms with Crippen molar-refractivity contribution < 1.29 is 23.0 Å². The molecule has 0 atom stereocenters. The Labute approximate surface area is 139 Å². The zero-order valence-electron chi connectivity index (χ0n) is 13.5. The van der Waals surface area contributed by atoms with Crippen molar-refractivity contribution in [1.82, 2.24) is 0 Å². The second-order valence-corrected chi connectivity index (χ2v) is 5.29. The fourth-order valence-corrected chi connectivity index (χ4v) is 2.10. The third-order valence-electron chi connectivity index (χ3n) is 3.31. The van der Waals surface area contributed by atoms with Crippen molar-refractivity contribution in [3.05, 3.63) is 53.6 Å². The number of anilines is 1. The number of para-hydroxylation sites is 2. The van der Waals surface area contributed by atoms with E-state index in [9.17, 15) is 13.6 Å². The third-order valence-corrected chi connectivity index (χ3v) is 3.31. The van der Waals surface area contributed by atoms with E-state index in [1.807, 2.05) is 32.0 Å². The van der Waals surface area contributed by atoms with Gasteiger partial charge in [-0.1, -0.05) is 24.3 Å². The standard InChI is InChI=1S/C18H19F2NO3/c1-12-7-8-13(2)16(11-12)23-10-9-17(22)21-14-5-3-4-6-15(14)24-18(19)20/h3-8,11,18H,9-10H2,1-2H3,(H,21,22). The number of halogens is 2. The van der Waals surface area contributed by atoms with Crippen molar-refractivity contribution in [3.8, 4) is 11.5 Å². The highest BCUT2D eigenvalue weighted by Gasteiger charge is 2.11. The summed E-state index contributed by atoms with van der Waals surface area (Å²) in [6.45, 7) is 1.12. The molecule has 1 N–H and O–H groups in total. The average molecular weight is 335 g/mol. The largest absolute Gasteiger partial charge is 0.493 e. The molecule has 0 aliphatic carbocycles. The maximum absolute atomic E-state index is 12.3. The summed E-state index contributed by atoms with van der Waals surface area (Å²) in [5.41, 5.74) is 2.25. The summed E-state index contributed by atoms with van der Waals surface area (Å²) in [4.78, 5) is 12.0. The number of ether oxygens (including phenoxy) is 2. The molecule has 2 rings (SSSR count). The molecule has 0 fully saturated rings. The minimum absolute atomic E-state index is 0.0729. The molecule has 0 unspecified atom stereocenters. The number of benzene rings is 2. The van der Waals surface area contributed by atoms with Gasteiger partial charge < -0.3 is 14.8 Å². The van der Waals surface area contributed by atoms with Crippen LogP contribution in [0.3, 0.4) is 0 Å². The quantitative estimate of drug-likeness (QED) is 0.820. The van der Waals surface area contributed by atoms with Crippen molar-refractivity contribution >= 4 is 11.6 Å². The molecule has 4 nitrogen and oxygen atoms in total. The van der Waals surface area contributed by atoms with Gasteiger partial charge in [-0.25, -0.2) is 0 Å². The normalized spacial score (nSPS) is 10.5. The van der Waals surface area contributed by atoms with Crippen molar-refractivity contribution in [1.29, 1.82) is 0 Å². The molecule has 0 radical (unpaired) electrons. The number of rotatable bonds is 7. The van der Waals surface area contributed by atoms with Gasteiger partial charge in [-0.2, -0.15) is 8.78 Å². The van der Waals surface area contributed by atoms with E-state index >= 15 is 0 Å². The van der Waals surface area contributed by atoms with Gasteiger partial charge in [-0.15, -0.1) is 0 Å². The first-order valence-corrected chi connectivity index (χ1v) is 7.49. The second-order valence-electron chi connectivity index (χ2n) is 5.29. The minimum atomic E-state index is -2.95. The highest BCUT2D eigenvalue weighted by molar-refractivity contribution is 5.92. The summed E-state index contributed by atoms with van der Waals surface area (Å²) in [7, 11) is 0. The number of aryl methyl sites for hydroxylation is 2. The Hall–Kier alpha value is -2.63. The van der Waals surface area contributed by atoms with Gasteiger partial charge in [0.2, 0.25) is 5.91 Å². The van der Waals surface area contributed by atoms with E-state index in [1.165, 1.54) is 12.1 Å². The summed E-state index contributed by atoms with van der Waals surface area (Å²) in [6, 6.07) is 11.9. The molecule has 2 aromatic carbocycles. The van der Waals surface area contributed by atoms with Gasteiger partial charge in [-0.05, 0) is 43.2 Å². The highest BCUT2D eigenvalue weighted by atomic mass is 19.3. The van der Waals surface area contributed by atoms with E-state index in [0.717, 1.165) is 16.9 Å². The van der Waals surface area contributed by atoms with Gasteiger partial charge in [0, 0.05) is 0 Å². The van der Waals surface area contributed by atoms with Crippen molar-refractivity contribution in [3.63, 3.8) is 0 Å². The lowest BCUT2D eigenvalue weighted by molar-refractivity contribution is -0.116. The lowest BCUT2D eigenvalue weighted by Crippen LogP contribution is -2.16. The predicted molar refractivity (Wildman–Crippen MR) is 87.7 cm³/mol. The van der Waals surface area contributed by atoms with E-state index in [0.29, 0.717) is 0 Å². The molecule has 0 bridgehead atoms. The molecule has 0 aliphatic heterocycles. The molecule has 0 saturated carbocycles. The van der Waals surface area contributed by atoms with E-state index in [1.54, 1.807) is 12.1 Å². The van der Waals surface area contributed by atoms with Gasteiger partial charge >= 0.3 is 6.61 Å². The van der Waals surface area contributed by atoms with Crippen molar-refractivity contribution in [2.45, 2.75) is 26.9 Å². The Morgan fingerprint density at radius 3 is 2.62 bits per heavy atom. The average Bonchev–Trinajstić information content (AvgIpc) is 2.52. The fraction of sp³-hybridized carbons (Fsp3) is 0.278. The molecule has 0 aromatic heterocycles. The second kappa shape index (κ2) is 8.29. The molecule has 0 spiro atoms. The topological polar surface area (TPSA) is 47.6 Å². The smallest absolute Gasteiger partial charge is 0.387 e. The van der Waals surface area contributed by atoms with Crippen molar-refractivity contribution in [2.24, 2.45) is 0 Å². The number of amides is 1. The Morgan fingerprint density at radius 2 is 1.88 bits per heavy atom. The predicted octanol–water partition coefficient (Wildman–Crippen LogP) is 4.31. The van der Waals surface area contributed by atoms with Crippen LogP contribution in [-0.4, -0.2) is 19.1 Å². The van der Waals surface area contributed by atoms with Crippen LogP contribution in [0.25, 0.3) is 0 Å². The number of carbonyl (C=O) groups excluding carboxylic acids is 1. The van der Waals surface area contributed by atoms with Gasteiger partial charge in [0.15, 0.2) is 0 Å². The zero-order valence-corrected chi connectivity index (χ0v) is 13.5. The van der Waals surface area contributed by atoms with E-state index < -0.39 is 6.61 Å². The molecular formula is C18H19F2NO3. The molecule has 0 saturated heterocycles. The molecule has 6 heteroatoms. The van der Waals surface area contributed by atoms with Crippen LogP contribution in [-0.2, 0) is 4.79 Å². The number of nitrogens with one attached hydrogen (secondary N) is 1. The SMILES string of the molecule is Cc1ccc(C)c(OCCC(=O)Nc2ccccc2OC(F)F)c1. The third kappa shape index (κ3) is 5.22. The van der Waals surface area contributed by atoms with Crippen LogP contribution >= 0.6 is 0 Å². The molecule has 128 valence electrons. The lowest BCUT2D eigenvalue weighted by atomic mass is 10.1. The van der Waals surface area contributed by atoms with Crippen LogP contribution in [0.15, 0.2) is 42.5 Å². The maximum atomic E-state index is 12.3. The number of alkyl halides is 2. The molecule has 24 heavy (non-hydrogen) atoms. The van der Waals surface area contributed by atoms with Gasteiger partial charge in [0.05, 0.1) is 18.7 Å². The zero-order chi connectivity index (χ0) is 17.5. The first-order valence-electron chi connectivity index (χ1n) is 7.49. The summed E-state index contributed by atoms with van der Waals surface area (Å²) >= 11 is 0. The Kier molecular flexibility index (Phi) is 6.12. The van der Waals surface area contributed by atoms with E-state index in [-0.39, 0.29) is 30.4 Å². The van der Waals surface area contributed by atoms with Crippen LogP contribution in [0.2, 0.25) is 0 Å². The molecular weight excluding hydrogens is 316 g/mol. The van der Waals surface area contributed by atoms with Crippen LogP contribution in [0.1, 0.15) is 17.5 Å². The first kappa shape index (κ1) is 17.7. The summed E-state index contributed by atoms with van der Waals surface area (Å²) < 4.78 is 34.7. The van der Waals surface area contributed by atoms with Crippen LogP contribution < -0.4 is 14.8 Å². The van der Waals surface area contributed by atoms with E-state index in [2.05, 4.69) is 10.1 Å². The lowest BCUT2D eigenvalue weighted by Gasteiger charge is -2.12. The van der Waals surface area contributed by atoms with Gasteiger partial charge in [0.1, 0.15) is 11.5 Å². The molecule has 0 heterocycles. The summed E-state index contributed by atoms with van der Waals surface area (Å²) in [5.74, 6) is 0.311. The summed E-state index contributed by atoms with van der Waals surface area (Å²) in [6.07, 6.45) is 0.0936. The Balaban J connectivity index is 1.89. The molecule has 1 amide bonds. The minimum Gasteiger partial charge on any atom is -0.493 e. The van der Waals surface area contributed by atoms with Crippen LogP contribution in [0.4, 0.5) is 14.5 Å². The molecule has 0 aliphatic rings. The molecule has 2 aromatic rings. The number of hydrogen-bond donors (Lipinski definition) is 1. The first-order chi connectivity index (χ1) is 11.5. The summed E-state index contributed by atoms with van der Waals surface area (Å²) in [5, 5.41) is 2.55. The number of carbonyl (C=O) groups is 1. The Morgan fingerprint density at radius 1 is 1.12 bits per heavy atom. The van der Waals surface area contributed by atoms with Gasteiger partial charge in [0.25, 0.3) is 0 Å². The van der Waals surface area contributed by atoms with Crippen LogP contribution in [0.5, 0.6) is 11.5 Å². The van der Waals surface area contributed by atoms with Gasteiger partial charge in [-0.3, -0.25) is 4.79 Å². The maximum Gasteiger partial charge on any atom is 0.387 e. The monoisotopic (exact) mass is 335 g/mol. The van der Waals surface area contributed by atoms with E-state index in [4.69, 9.17) is 4.74 Å². The Bertz CT molecular complexity index is 704. The number of hydrogen-bond acceptors (Lipinski definition) is 3. The fourth-order valence-electron chi connectivity index (χ4n) is 2.10.